The van der Waals surface area contributed by atoms with Gasteiger partial charge < -0.3 is 10.5 Å². The maximum Gasteiger partial charge on any atom is 0.358 e. The zero-order valence-corrected chi connectivity index (χ0v) is 9.55. The number of ether oxygens (including phenoxy) is 1. The van der Waals surface area contributed by atoms with E-state index in [-0.39, 0.29) is 16.5 Å². The molecule has 2 rings (SSSR count). The SMILES string of the molecule is COC(=O)c1cnnn1-c1ncc(N)cc1Cl. The van der Waals surface area contributed by atoms with Crippen molar-refractivity contribution in [3.63, 3.8) is 0 Å². The summed E-state index contributed by atoms with van der Waals surface area (Å²) in [6.07, 6.45) is 2.67. The molecule has 0 atom stereocenters. The smallest absolute Gasteiger partial charge is 0.358 e. The van der Waals surface area contributed by atoms with Crippen LogP contribution < -0.4 is 5.73 Å². The number of nitrogens with zero attached hydrogens (tertiary/aromatic N) is 4. The Morgan fingerprint density at radius 1 is 1.53 bits per heavy atom. The van der Waals surface area contributed by atoms with Crippen LogP contribution in [0.2, 0.25) is 5.02 Å². The quantitative estimate of drug-likeness (QED) is 0.791. The number of nitrogens with two attached hydrogens (primary N) is 1. The van der Waals surface area contributed by atoms with Gasteiger partial charge >= 0.3 is 5.97 Å². The van der Waals surface area contributed by atoms with Crippen LogP contribution in [0, 0.1) is 0 Å². The molecule has 2 aromatic heterocycles. The topological polar surface area (TPSA) is 95.9 Å². The number of nitrogen functional groups attached to an aromatic ring is 1. The van der Waals surface area contributed by atoms with E-state index in [4.69, 9.17) is 17.3 Å². The maximum absolute atomic E-state index is 11.4. The highest BCUT2D eigenvalue weighted by Gasteiger charge is 2.17. The van der Waals surface area contributed by atoms with Crippen LogP contribution in [0.4, 0.5) is 5.69 Å². The predicted octanol–water partition coefficient (Wildman–Crippen LogP) is 0.684. The zero-order valence-electron chi connectivity index (χ0n) is 8.79. The van der Waals surface area contributed by atoms with Crippen LogP contribution in [-0.4, -0.2) is 33.1 Å². The lowest BCUT2D eigenvalue weighted by Gasteiger charge is -2.05. The average molecular weight is 254 g/mol. The Morgan fingerprint density at radius 2 is 2.29 bits per heavy atom. The molecule has 0 saturated heterocycles. The van der Waals surface area contributed by atoms with Crippen molar-refractivity contribution in [2.24, 2.45) is 0 Å². The van der Waals surface area contributed by atoms with Crippen LogP contribution in [0.1, 0.15) is 10.5 Å². The van der Waals surface area contributed by atoms with E-state index in [1.165, 1.54) is 30.3 Å². The van der Waals surface area contributed by atoms with Crippen molar-refractivity contribution in [2.45, 2.75) is 0 Å². The number of methoxy groups -OCH3 is 1. The molecule has 0 aromatic carbocycles. The summed E-state index contributed by atoms with van der Waals surface area (Å²) in [6.45, 7) is 0. The van der Waals surface area contributed by atoms with Crippen molar-refractivity contribution in [3.05, 3.63) is 29.2 Å². The third kappa shape index (κ3) is 2.04. The Bertz CT molecular complexity index is 568. The van der Waals surface area contributed by atoms with Gasteiger partial charge in [0.25, 0.3) is 0 Å². The van der Waals surface area contributed by atoms with E-state index < -0.39 is 5.97 Å². The number of carbonyl (C=O) groups is 1. The second-order valence-electron chi connectivity index (χ2n) is 3.10. The maximum atomic E-state index is 11.4. The van der Waals surface area contributed by atoms with Crippen molar-refractivity contribution in [3.8, 4) is 5.82 Å². The highest BCUT2D eigenvalue weighted by atomic mass is 35.5. The molecular formula is C9H8ClN5O2. The van der Waals surface area contributed by atoms with Gasteiger partial charge in [0.05, 0.1) is 30.2 Å². The highest BCUT2D eigenvalue weighted by Crippen LogP contribution is 2.20. The van der Waals surface area contributed by atoms with Gasteiger partial charge in [0.2, 0.25) is 0 Å². The molecule has 0 spiro atoms. The largest absolute Gasteiger partial charge is 0.464 e. The number of aromatic nitrogens is 4. The van der Waals surface area contributed by atoms with Gasteiger partial charge in [0.1, 0.15) is 0 Å². The van der Waals surface area contributed by atoms with Crippen LogP contribution in [0.25, 0.3) is 5.82 Å². The fraction of sp³-hybridized carbons (Fsp3) is 0.111. The van der Waals surface area contributed by atoms with Crippen LogP contribution in [0.5, 0.6) is 0 Å². The number of pyridine rings is 1. The molecule has 2 aromatic rings. The van der Waals surface area contributed by atoms with E-state index in [1.54, 1.807) is 0 Å². The monoisotopic (exact) mass is 253 g/mol. The molecular weight excluding hydrogens is 246 g/mol. The standard InChI is InChI=1S/C9H8ClN5O2/c1-17-9(16)7-4-13-14-15(7)8-6(10)2-5(11)3-12-8/h2-4H,11H2,1H3. The zero-order chi connectivity index (χ0) is 12.4. The predicted molar refractivity (Wildman–Crippen MR) is 59.9 cm³/mol. The molecule has 8 heteroatoms. The van der Waals surface area contributed by atoms with Crippen LogP contribution in [0.15, 0.2) is 18.5 Å². The molecule has 0 unspecified atom stereocenters. The van der Waals surface area contributed by atoms with Crippen molar-refractivity contribution in [2.75, 3.05) is 12.8 Å². The number of rotatable bonds is 2. The Kier molecular flexibility index (Phi) is 2.92. The molecule has 88 valence electrons. The minimum Gasteiger partial charge on any atom is -0.464 e. The molecule has 0 aliphatic heterocycles. The number of hydrogen-bond donors (Lipinski definition) is 1. The summed E-state index contributed by atoms with van der Waals surface area (Å²) in [6, 6.07) is 1.51. The van der Waals surface area contributed by atoms with E-state index in [9.17, 15) is 4.79 Å². The van der Waals surface area contributed by atoms with Crippen molar-refractivity contribution < 1.29 is 9.53 Å². The summed E-state index contributed by atoms with van der Waals surface area (Å²) in [5.41, 5.74) is 6.07. The van der Waals surface area contributed by atoms with Gasteiger partial charge in [-0.15, -0.1) is 5.10 Å². The normalized spacial score (nSPS) is 10.2. The molecule has 0 bridgehead atoms. The second-order valence-corrected chi connectivity index (χ2v) is 3.50. The molecule has 0 amide bonds. The van der Waals surface area contributed by atoms with Crippen molar-refractivity contribution >= 4 is 23.3 Å². The van der Waals surface area contributed by atoms with Crippen molar-refractivity contribution in [1.82, 2.24) is 20.0 Å². The molecule has 7 nitrogen and oxygen atoms in total. The van der Waals surface area contributed by atoms with E-state index in [1.807, 2.05) is 0 Å². The summed E-state index contributed by atoms with van der Waals surface area (Å²) in [7, 11) is 1.26. The van der Waals surface area contributed by atoms with Crippen molar-refractivity contribution in [1.29, 1.82) is 0 Å². The van der Waals surface area contributed by atoms with Gasteiger partial charge in [-0.25, -0.2) is 9.78 Å². The van der Waals surface area contributed by atoms with E-state index in [0.29, 0.717) is 5.69 Å². The Morgan fingerprint density at radius 3 is 2.94 bits per heavy atom. The lowest BCUT2D eigenvalue weighted by Crippen LogP contribution is -2.12. The fourth-order valence-electron chi connectivity index (χ4n) is 1.24. The first-order valence-corrected chi connectivity index (χ1v) is 4.91. The average Bonchev–Trinajstić information content (AvgIpc) is 2.77. The Balaban J connectivity index is 2.53. The minimum atomic E-state index is -0.579. The summed E-state index contributed by atoms with van der Waals surface area (Å²) in [4.78, 5) is 15.4. The van der Waals surface area contributed by atoms with Gasteiger partial charge in [-0.2, -0.15) is 4.68 Å². The number of halogens is 1. The highest BCUT2D eigenvalue weighted by molar-refractivity contribution is 6.32. The summed E-state index contributed by atoms with van der Waals surface area (Å²) < 4.78 is 5.77. The van der Waals surface area contributed by atoms with Crippen LogP contribution >= 0.6 is 11.6 Å². The number of anilines is 1. The van der Waals surface area contributed by atoms with Gasteiger partial charge in [0.15, 0.2) is 11.5 Å². The molecule has 2 N–H and O–H groups in total. The Labute approximate surface area is 101 Å². The number of carbonyl (C=O) groups excluding carboxylic acids is 1. The number of esters is 1. The van der Waals surface area contributed by atoms with E-state index in [2.05, 4.69) is 20.0 Å². The number of hydrogen-bond acceptors (Lipinski definition) is 6. The van der Waals surface area contributed by atoms with Gasteiger partial charge in [-0.1, -0.05) is 16.8 Å². The third-order valence-electron chi connectivity index (χ3n) is 1.99. The summed E-state index contributed by atoms with van der Waals surface area (Å²) in [5, 5.41) is 7.60. The third-order valence-corrected chi connectivity index (χ3v) is 2.27. The van der Waals surface area contributed by atoms with Crippen LogP contribution in [0.3, 0.4) is 0 Å². The van der Waals surface area contributed by atoms with Gasteiger partial charge in [-0.3, -0.25) is 0 Å². The van der Waals surface area contributed by atoms with E-state index >= 15 is 0 Å². The first kappa shape index (κ1) is 11.3. The molecule has 0 saturated carbocycles. The van der Waals surface area contributed by atoms with Gasteiger partial charge in [0, 0.05) is 0 Å². The molecule has 0 aliphatic carbocycles. The molecule has 0 radical (unpaired) electrons. The lowest BCUT2D eigenvalue weighted by atomic mass is 10.4. The van der Waals surface area contributed by atoms with Gasteiger partial charge in [-0.05, 0) is 6.07 Å². The summed E-state index contributed by atoms with van der Waals surface area (Å²) >= 11 is 5.96. The van der Waals surface area contributed by atoms with E-state index in [0.717, 1.165) is 0 Å². The summed E-state index contributed by atoms with van der Waals surface area (Å²) in [5.74, 6) is -0.316. The second kappa shape index (κ2) is 4.38. The lowest BCUT2D eigenvalue weighted by molar-refractivity contribution is 0.0590. The first-order valence-electron chi connectivity index (χ1n) is 4.54. The molecule has 0 aliphatic rings. The first-order chi connectivity index (χ1) is 8.13. The minimum absolute atomic E-state index is 0.131. The molecule has 0 fully saturated rings. The Hall–Kier alpha value is -2.15. The molecule has 17 heavy (non-hydrogen) atoms. The molecule has 2 heterocycles. The van der Waals surface area contributed by atoms with Crippen LogP contribution in [-0.2, 0) is 4.74 Å². The fourth-order valence-corrected chi connectivity index (χ4v) is 1.49.